The van der Waals surface area contributed by atoms with Crippen molar-refractivity contribution in [3.63, 3.8) is 0 Å². The van der Waals surface area contributed by atoms with E-state index in [4.69, 9.17) is 33.6 Å². The molecular weight excluding hydrogens is 509 g/mol. The monoisotopic (exact) mass is 537 g/mol. The minimum atomic E-state index is -0.239. The normalized spacial score (nSPS) is 19.2. The summed E-state index contributed by atoms with van der Waals surface area (Å²) in [6, 6.07) is 9.01. The molecule has 11 heteroatoms. The maximum atomic E-state index is 9.33. The van der Waals surface area contributed by atoms with Gasteiger partial charge in [-0.25, -0.2) is 9.97 Å². The molecule has 0 saturated carbocycles. The molecule has 2 unspecified atom stereocenters. The first kappa shape index (κ1) is 25.5. The summed E-state index contributed by atoms with van der Waals surface area (Å²) in [5.74, 6) is 2.39. The second-order valence-corrected chi connectivity index (χ2v) is 10.7. The third kappa shape index (κ3) is 5.72. The van der Waals surface area contributed by atoms with Gasteiger partial charge >= 0.3 is 0 Å². The van der Waals surface area contributed by atoms with Crippen LogP contribution in [0.15, 0.2) is 36.7 Å². The van der Waals surface area contributed by atoms with Gasteiger partial charge in [-0.2, -0.15) is 10.4 Å². The maximum absolute atomic E-state index is 9.33. The summed E-state index contributed by atoms with van der Waals surface area (Å²) in [4.78, 5) is 13.9. The Kier molecular flexibility index (Phi) is 7.60. The first-order chi connectivity index (χ1) is 17.9. The number of rotatable bonds is 8. The first-order valence-electron chi connectivity index (χ1n) is 12.4. The Morgan fingerprint density at radius 1 is 1.27 bits per heavy atom. The molecule has 0 spiro atoms. The van der Waals surface area contributed by atoms with Gasteiger partial charge in [0, 0.05) is 42.4 Å². The quantitative estimate of drug-likeness (QED) is 0.348. The van der Waals surface area contributed by atoms with E-state index in [9.17, 15) is 5.26 Å². The number of anilines is 2. The van der Waals surface area contributed by atoms with Gasteiger partial charge in [-0.05, 0) is 61.9 Å². The van der Waals surface area contributed by atoms with Crippen molar-refractivity contribution in [1.29, 1.82) is 10.7 Å². The predicted molar refractivity (Wildman–Crippen MR) is 145 cm³/mol. The molecule has 2 aliphatic heterocycles. The van der Waals surface area contributed by atoms with Gasteiger partial charge in [-0.15, -0.1) is 0 Å². The molecule has 2 aliphatic rings. The molecule has 0 aliphatic carbocycles. The third-order valence-electron chi connectivity index (χ3n) is 7.28. The first-order valence-corrected chi connectivity index (χ1v) is 13.2. The molecule has 0 bridgehead atoms. The van der Waals surface area contributed by atoms with E-state index in [1.165, 1.54) is 12.8 Å². The van der Waals surface area contributed by atoms with Crippen molar-refractivity contribution in [2.75, 3.05) is 36.4 Å². The Morgan fingerprint density at radius 2 is 2.11 bits per heavy atom. The molecule has 0 amide bonds. The summed E-state index contributed by atoms with van der Waals surface area (Å²) in [7, 11) is 0. The lowest BCUT2D eigenvalue weighted by molar-refractivity contribution is 0.113. The predicted octanol–water partition coefficient (Wildman–Crippen LogP) is 4.92. The molecule has 192 valence electrons. The number of hydrogen-bond donors (Lipinski definition) is 3. The van der Waals surface area contributed by atoms with Crippen molar-refractivity contribution in [1.82, 2.24) is 25.1 Å². The molecule has 4 heterocycles. The molecule has 2 atom stereocenters. The Balaban J connectivity index is 1.26. The molecule has 37 heavy (non-hydrogen) atoms. The number of halogens is 2. The average molecular weight is 538 g/mol. The van der Waals surface area contributed by atoms with Crippen molar-refractivity contribution in [3.05, 3.63) is 63.7 Å². The molecule has 3 N–H and O–H groups in total. The number of likely N-dealkylation sites (tertiary alicyclic amines) is 1. The van der Waals surface area contributed by atoms with Crippen LogP contribution in [0, 0.1) is 28.6 Å². The highest BCUT2D eigenvalue weighted by Crippen LogP contribution is 2.35. The highest BCUT2D eigenvalue weighted by molar-refractivity contribution is 6.35. The Labute approximate surface area is 226 Å². The van der Waals surface area contributed by atoms with Crippen molar-refractivity contribution >= 4 is 40.5 Å². The van der Waals surface area contributed by atoms with Gasteiger partial charge in [-0.3, -0.25) is 15.4 Å². The summed E-state index contributed by atoms with van der Waals surface area (Å²) in [6.45, 7) is 6.87. The number of nitrogens with one attached hydrogen (secondary N) is 3. The fraction of sp³-hybridized carbons (Fsp3) is 0.423. The highest BCUT2D eigenvalue weighted by Gasteiger charge is 2.37. The van der Waals surface area contributed by atoms with Gasteiger partial charge in [0.1, 0.15) is 17.6 Å². The molecule has 3 aromatic rings. The molecule has 0 radical (unpaired) electrons. The van der Waals surface area contributed by atoms with Crippen molar-refractivity contribution in [2.45, 2.75) is 32.4 Å². The number of piperidine rings is 1. The standard InChI is InChI=1S/C26H29Cl2N9/c1-16(21-5-4-19(27)9-22(21)28)33-26-25(23(30)10-29)31-11-24(34-26)37-13-18(14-37)17-3-2-8-36(12-17)15-20-6-7-32-35-20/h4-7,9,11,16-18,30H,2-3,8,12-15H2,1H3,(H,32,35)(H,33,34). The van der Waals surface area contributed by atoms with E-state index in [0.717, 1.165) is 49.8 Å². The van der Waals surface area contributed by atoms with E-state index in [0.29, 0.717) is 27.7 Å². The Morgan fingerprint density at radius 3 is 2.84 bits per heavy atom. The van der Waals surface area contributed by atoms with Crippen LogP contribution in [0.3, 0.4) is 0 Å². The smallest absolute Gasteiger partial charge is 0.161 e. The summed E-state index contributed by atoms with van der Waals surface area (Å²) in [6.07, 6.45) is 5.98. The van der Waals surface area contributed by atoms with Crippen molar-refractivity contribution in [2.24, 2.45) is 11.8 Å². The maximum Gasteiger partial charge on any atom is 0.161 e. The van der Waals surface area contributed by atoms with Crippen LogP contribution < -0.4 is 10.2 Å². The molecule has 2 aromatic heterocycles. The van der Waals surface area contributed by atoms with E-state index in [2.05, 4.69) is 30.3 Å². The Bertz CT molecular complexity index is 1300. The fourth-order valence-electron chi connectivity index (χ4n) is 5.23. The van der Waals surface area contributed by atoms with Crippen LogP contribution in [-0.4, -0.2) is 57.0 Å². The SMILES string of the molecule is CC(Nc1nc(N2CC(C3CCCN(Cc4cc[nH]n4)C3)C2)cnc1C(=N)C#N)c1ccc(Cl)cc1Cl. The number of aromatic nitrogens is 4. The van der Waals surface area contributed by atoms with E-state index in [1.807, 2.05) is 31.3 Å². The second kappa shape index (κ2) is 11.1. The lowest BCUT2D eigenvalue weighted by Gasteiger charge is -2.47. The summed E-state index contributed by atoms with van der Waals surface area (Å²) < 4.78 is 0. The second-order valence-electron chi connectivity index (χ2n) is 9.81. The van der Waals surface area contributed by atoms with E-state index < -0.39 is 0 Å². The molecule has 2 fully saturated rings. The van der Waals surface area contributed by atoms with Crippen LogP contribution >= 0.6 is 23.2 Å². The zero-order valence-corrected chi connectivity index (χ0v) is 22.1. The summed E-state index contributed by atoms with van der Waals surface area (Å²) in [5.41, 5.74) is 1.91. The average Bonchev–Trinajstić information content (AvgIpc) is 3.36. The van der Waals surface area contributed by atoms with Crippen LogP contribution in [-0.2, 0) is 6.54 Å². The summed E-state index contributed by atoms with van der Waals surface area (Å²) >= 11 is 12.5. The zero-order valence-electron chi connectivity index (χ0n) is 20.6. The lowest BCUT2D eigenvalue weighted by Crippen LogP contribution is -2.53. The number of nitrogens with zero attached hydrogens (tertiary/aromatic N) is 6. The minimum absolute atomic E-state index is 0.224. The largest absolute Gasteiger partial charge is 0.362 e. The minimum Gasteiger partial charge on any atom is -0.362 e. The van der Waals surface area contributed by atoms with Crippen LogP contribution in [0.2, 0.25) is 10.0 Å². The zero-order chi connectivity index (χ0) is 25.9. The highest BCUT2D eigenvalue weighted by atomic mass is 35.5. The van der Waals surface area contributed by atoms with Crippen LogP contribution in [0.4, 0.5) is 11.6 Å². The summed E-state index contributed by atoms with van der Waals surface area (Å²) in [5, 5.41) is 29.0. The molecule has 5 rings (SSSR count). The molecule has 1 aromatic carbocycles. The van der Waals surface area contributed by atoms with Gasteiger partial charge in [0.05, 0.1) is 17.9 Å². The van der Waals surface area contributed by atoms with E-state index in [-0.39, 0.29) is 17.4 Å². The van der Waals surface area contributed by atoms with Gasteiger partial charge in [0.15, 0.2) is 11.5 Å². The van der Waals surface area contributed by atoms with Crippen LogP contribution in [0.1, 0.15) is 42.8 Å². The van der Waals surface area contributed by atoms with E-state index in [1.54, 1.807) is 18.3 Å². The number of aromatic amines is 1. The van der Waals surface area contributed by atoms with Crippen molar-refractivity contribution < 1.29 is 0 Å². The molecular formula is C26H29Cl2N9. The van der Waals surface area contributed by atoms with Gasteiger partial charge in [-0.1, -0.05) is 29.3 Å². The molecule has 9 nitrogen and oxygen atoms in total. The van der Waals surface area contributed by atoms with Crippen molar-refractivity contribution in [3.8, 4) is 6.07 Å². The number of H-pyrrole nitrogens is 1. The van der Waals surface area contributed by atoms with Gasteiger partial charge in [0.2, 0.25) is 0 Å². The van der Waals surface area contributed by atoms with E-state index >= 15 is 0 Å². The topological polar surface area (TPSA) is 121 Å². The lowest BCUT2D eigenvalue weighted by atomic mass is 9.80. The van der Waals surface area contributed by atoms with Crippen LogP contribution in [0.25, 0.3) is 0 Å². The van der Waals surface area contributed by atoms with Gasteiger partial charge < -0.3 is 10.2 Å². The number of benzene rings is 1. The third-order valence-corrected chi connectivity index (χ3v) is 7.84. The number of hydrogen-bond acceptors (Lipinski definition) is 8. The van der Waals surface area contributed by atoms with Crippen LogP contribution in [0.5, 0.6) is 0 Å². The Hall–Kier alpha value is -3.19. The molecule has 2 saturated heterocycles. The number of nitriles is 1. The fourth-order valence-corrected chi connectivity index (χ4v) is 5.80. The van der Waals surface area contributed by atoms with Gasteiger partial charge in [0.25, 0.3) is 0 Å².